The molecule has 1 amide bonds. The number of carboxylic acid groups (broad SMARTS) is 1. The molecule has 208 valence electrons. The second-order valence-corrected chi connectivity index (χ2v) is 11.7. The summed E-state index contributed by atoms with van der Waals surface area (Å²) >= 11 is 11.8. The van der Waals surface area contributed by atoms with Crippen molar-refractivity contribution in [2.75, 3.05) is 5.32 Å². The molecule has 0 spiro atoms. The number of carboxylic acids is 1. The van der Waals surface area contributed by atoms with Crippen LogP contribution < -0.4 is 5.32 Å². The van der Waals surface area contributed by atoms with E-state index >= 15 is 0 Å². The molecule has 3 aromatic rings. The Hall–Kier alpha value is -3.61. The van der Waals surface area contributed by atoms with Crippen molar-refractivity contribution in [3.05, 3.63) is 69.1 Å². The van der Waals surface area contributed by atoms with Gasteiger partial charge >= 0.3 is 22.3 Å². The first kappa shape index (κ1) is 28.4. The number of hydrogen-bond acceptors (Lipinski definition) is 5. The third kappa shape index (κ3) is 5.45. The second kappa shape index (κ2) is 8.70. The summed E-state index contributed by atoms with van der Waals surface area (Å²) in [5, 5.41) is 23.4. The van der Waals surface area contributed by atoms with Crippen LogP contribution in [-0.4, -0.2) is 26.9 Å². The van der Waals surface area contributed by atoms with Gasteiger partial charge in [0.1, 0.15) is 34.9 Å². The Balaban J connectivity index is 1.85. The van der Waals surface area contributed by atoms with Gasteiger partial charge in [-0.25, -0.2) is 13.9 Å². The molecule has 0 saturated heterocycles. The lowest BCUT2D eigenvalue weighted by Crippen LogP contribution is -2.24. The number of ether oxygens (including phenoxy) is 1. The van der Waals surface area contributed by atoms with Crippen molar-refractivity contribution in [1.82, 2.24) is 9.78 Å². The number of carbonyl (C=O) groups excluding carboxylic acids is 1. The summed E-state index contributed by atoms with van der Waals surface area (Å²) < 4.78 is 86.3. The van der Waals surface area contributed by atoms with E-state index in [9.17, 15) is 43.8 Å². The number of hydrogen-bond donors (Lipinski definition) is 2. The fraction of sp³-hybridized carbons (Fsp3) is 0.182. The summed E-state index contributed by atoms with van der Waals surface area (Å²) in [7, 11) is -10.2. The predicted octanol–water partition coefficient (Wildman–Crippen LogP) is 7.71. The molecular weight excluding hydrogens is 601 g/mol. The highest BCUT2D eigenvalue weighted by molar-refractivity contribution is 8.45. The molecule has 0 aliphatic heterocycles. The van der Waals surface area contributed by atoms with Gasteiger partial charge in [0.25, 0.3) is 0 Å². The molecule has 2 aromatic carbocycles. The average Bonchev–Trinajstić information content (AvgIpc) is 3.54. The fourth-order valence-corrected chi connectivity index (χ4v) is 5.24. The highest BCUT2D eigenvalue weighted by Gasteiger charge is 2.65. The lowest BCUT2D eigenvalue weighted by atomic mass is 9.95. The van der Waals surface area contributed by atoms with Gasteiger partial charge in [-0.2, -0.15) is 10.4 Å². The van der Waals surface area contributed by atoms with Gasteiger partial charge in [-0.3, -0.25) is 10.1 Å². The molecule has 1 fully saturated rings. The van der Waals surface area contributed by atoms with Crippen LogP contribution >= 0.6 is 33.4 Å². The highest BCUT2D eigenvalue weighted by atomic mass is 35.5. The average molecular weight is 615 g/mol. The Morgan fingerprint density at radius 1 is 1.15 bits per heavy atom. The first-order valence-electron chi connectivity index (χ1n) is 10.6. The molecule has 1 aromatic heterocycles. The summed E-state index contributed by atoms with van der Waals surface area (Å²) in [6.45, 7) is -0.586. The van der Waals surface area contributed by atoms with E-state index in [-0.39, 0.29) is 36.1 Å². The van der Waals surface area contributed by atoms with Crippen molar-refractivity contribution >= 4 is 51.3 Å². The maximum absolute atomic E-state index is 13.9. The molecule has 0 unspecified atom stereocenters. The van der Waals surface area contributed by atoms with E-state index in [2.05, 4.69) is 10.4 Å². The molecule has 1 heterocycles. The molecule has 1 aliphatic rings. The zero-order chi connectivity index (χ0) is 29.0. The summed E-state index contributed by atoms with van der Waals surface area (Å²) in [5.41, 5.74) is -3.33. The van der Waals surface area contributed by atoms with Gasteiger partial charge in [0.15, 0.2) is 5.69 Å². The van der Waals surface area contributed by atoms with E-state index in [0.717, 1.165) is 6.07 Å². The molecule has 39 heavy (non-hydrogen) atoms. The van der Waals surface area contributed by atoms with Crippen LogP contribution in [0.25, 0.3) is 5.69 Å². The molecule has 1 saturated carbocycles. The minimum atomic E-state index is -10.2. The SMILES string of the molecule is N#Cc1nn(-c2c(Cl)cc(S(F)(F)(F)(F)F)cc2Cl)c(NC(=O)OCc2ccccc2F)c1C1(C(=O)O)CC1. The third-order valence-corrected chi connectivity index (χ3v) is 7.52. The number of nitrogens with zero attached hydrogens (tertiary/aromatic N) is 3. The van der Waals surface area contributed by atoms with Gasteiger partial charge in [-0.15, -0.1) is 0 Å². The number of aliphatic carboxylic acids is 1. The van der Waals surface area contributed by atoms with E-state index in [1.54, 1.807) is 6.07 Å². The van der Waals surface area contributed by atoms with Gasteiger partial charge in [0, 0.05) is 5.56 Å². The number of nitriles is 1. The number of aromatic nitrogens is 2. The van der Waals surface area contributed by atoms with Crippen LogP contribution in [0, 0.1) is 17.1 Å². The Morgan fingerprint density at radius 2 is 1.74 bits per heavy atom. The topological polar surface area (TPSA) is 117 Å². The molecule has 1 aliphatic carbocycles. The van der Waals surface area contributed by atoms with E-state index in [1.807, 2.05) is 0 Å². The molecule has 0 bridgehead atoms. The first-order chi connectivity index (χ1) is 17.9. The molecule has 2 N–H and O–H groups in total. The van der Waals surface area contributed by atoms with Crippen LogP contribution in [0.1, 0.15) is 29.7 Å². The van der Waals surface area contributed by atoms with Crippen LogP contribution in [0.2, 0.25) is 10.0 Å². The maximum Gasteiger partial charge on any atom is 0.413 e. The summed E-state index contributed by atoms with van der Waals surface area (Å²) in [6.07, 6.45) is -1.32. The largest absolute Gasteiger partial charge is 0.481 e. The molecule has 8 nitrogen and oxygen atoms in total. The van der Waals surface area contributed by atoms with Crippen molar-refractivity contribution in [2.45, 2.75) is 29.8 Å². The molecule has 0 radical (unpaired) electrons. The molecule has 0 atom stereocenters. The summed E-state index contributed by atoms with van der Waals surface area (Å²) in [5.74, 6) is -2.68. The minimum Gasteiger partial charge on any atom is -0.481 e. The first-order valence-corrected chi connectivity index (χ1v) is 13.3. The number of carbonyl (C=O) groups is 2. The van der Waals surface area contributed by atoms with Crippen molar-refractivity contribution in [3.8, 4) is 11.8 Å². The number of amides is 1. The van der Waals surface area contributed by atoms with Crippen LogP contribution in [0.5, 0.6) is 0 Å². The van der Waals surface area contributed by atoms with Gasteiger partial charge in [-0.05, 0) is 31.0 Å². The predicted molar refractivity (Wildman–Crippen MR) is 128 cm³/mol. The van der Waals surface area contributed by atoms with Gasteiger partial charge in [-0.1, -0.05) is 60.8 Å². The highest BCUT2D eigenvalue weighted by Crippen LogP contribution is 3.02. The zero-order valence-electron chi connectivity index (χ0n) is 19.0. The van der Waals surface area contributed by atoms with E-state index < -0.39 is 72.3 Å². The van der Waals surface area contributed by atoms with Gasteiger partial charge in [0.05, 0.1) is 21.0 Å². The number of anilines is 1. The van der Waals surface area contributed by atoms with Crippen molar-refractivity contribution in [1.29, 1.82) is 5.26 Å². The number of nitrogens with one attached hydrogen (secondary N) is 1. The van der Waals surface area contributed by atoms with E-state index in [0.29, 0.717) is 4.68 Å². The number of rotatable bonds is 7. The zero-order valence-corrected chi connectivity index (χ0v) is 21.4. The summed E-state index contributed by atoms with van der Waals surface area (Å²) in [6, 6.07) is 6.70. The Morgan fingerprint density at radius 3 is 2.23 bits per heavy atom. The quantitative estimate of drug-likeness (QED) is 0.263. The van der Waals surface area contributed by atoms with Gasteiger partial charge in [0.2, 0.25) is 0 Å². The van der Waals surface area contributed by atoms with Crippen molar-refractivity contribution in [3.63, 3.8) is 0 Å². The lowest BCUT2D eigenvalue weighted by Gasteiger charge is -2.40. The van der Waals surface area contributed by atoms with Crippen LogP contribution in [0.4, 0.5) is 34.4 Å². The lowest BCUT2D eigenvalue weighted by molar-refractivity contribution is -0.140. The molecule has 17 heteroatoms. The third-order valence-electron chi connectivity index (χ3n) is 5.81. The van der Waals surface area contributed by atoms with Gasteiger partial charge < -0.3 is 9.84 Å². The second-order valence-electron chi connectivity index (χ2n) is 8.48. The normalized spacial score (nSPS) is 16.0. The standard InChI is InChI=1S/C22H14Cl2F6N4O4S/c23-13-7-12(39(26,27,28,29)30)8-14(24)18(13)34-19(17(16(9-31)33-34)22(5-6-22)20(35)36)32-21(37)38-10-11-3-1-2-4-15(11)25/h1-4,7-8H,5-6,10H2,(H,32,37)(H,35,36). The van der Waals surface area contributed by atoms with E-state index in [4.69, 9.17) is 27.9 Å². The van der Waals surface area contributed by atoms with Crippen molar-refractivity contribution in [2.24, 2.45) is 0 Å². The van der Waals surface area contributed by atoms with Crippen LogP contribution in [0.15, 0.2) is 41.3 Å². The molecular formula is C22H14Cl2F6N4O4S. The smallest absolute Gasteiger partial charge is 0.413 e. The Kier molecular flexibility index (Phi) is 6.33. The van der Waals surface area contributed by atoms with E-state index in [1.165, 1.54) is 18.2 Å². The van der Waals surface area contributed by atoms with Crippen LogP contribution in [0.3, 0.4) is 0 Å². The number of benzene rings is 2. The summed E-state index contributed by atoms with van der Waals surface area (Å²) in [4.78, 5) is 22.3. The Bertz CT molecular complexity index is 1560. The minimum absolute atomic E-state index is 0.00766. The van der Waals surface area contributed by atoms with Crippen LogP contribution in [-0.2, 0) is 21.6 Å². The fourth-order valence-electron chi connectivity index (χ4n) is 3.78. The Labute approximate surface area is 225 Å². The molecule has 4 rings (SSSR count). The maximum atomic E-state index is 13.9. The monoisotopic (exact) mass is 614 g/mol. The van der Waals surface area contributed by atoms with Crippen molar-refractivity contribution < 1.29 is 43.3 Å². The number of halogens is 8.